The van der Waals surface area contributed by atoms with Gasteiger partial charge in [-0.25, -0.2) is 9.97 Å². The van der Waals surface area contributed by atoms with Crippen LogP contribution in [0.5, 0.6) is 11.8 Å². The van der Waals surface area contributed by atoms with E-state index in [0.717, 1.165) is 6.54 Å². The fourth-order valence-electron chi connectivity index (χ4n) is 3.67. The summed E-state index contributed by atoms with van der Waals surface area (Å²) >= 11 is 12.7. The van der Waals surface area contributed by atoms with Crippen molar-refractivity contribution in [3.05, 3.63) is 75.4 Å². The Kier molecular flexibility index (Phi) is 6.21. The lowest BCUT2D eigenvalue weighted by atomic mass is 10.1. The van der Waals surface area contributed by atoms with Crippen molar-refractivity contribution in [2.75, 3.05) is 11.1 Å². The maximum absolute atomic E-state index is 13.1. The molecule has 0 unspecified atom stereocenters. The average Bonchev–Trinajstić information content (AvgIpc) is 3.32. The maximum Gasteiger partial charge on any atom is 0.259 e. The molecule has 0 spiro atoms. The van der Waals surface area contributed by atoms with Crippen LogP contribution in [-0.2, 0) is 13.6 Å². The minimum Gasteiger partial charge on any atom is -0.417 e. The van der Waals surface area contributed by atoms with E-state index in [1.807, 2.05) is 6.92 Å². The van der Waals surface area contributed by atoms with Crippen molar-refractivity contribution in [1.29, 1.82) is 0 Å². The number of halogens is 2. The van der Waals surface area contributed by atoms with Gasteiger partial charge in [0.25, 0.3) is 5.56 Å². The highest BCUT2D eigenvalue weighted by atomic mass is 35.5. The fraction of sp³-hybridized carbons (Fsp3) is 0.125. The predicted molar refractivity (Wildman–Crippen MR) is 140 cm³/mol. The molecular formula is C24H20Cl2N8O2. The third-order valence-electron chi connectivity index (χ3n) is 5.46. The van der Waals surface area contributed by atoms with Gasteiger partial charge in [0.05, 0.1) is 33.2 Å². The molecular weight excluding hydrogens is 503 g/mol. The van der Waals surface area contributed by atoms with Crippen LogP contribution in [-0.4, -0.2) is 29.3 Å². The number of hydrogen-bond acceptors (Lipinski definition) is 8. The Morgan fingerprint density at radius 3 is 2.58 bits per heavy atom. The summed E-state index contributed by atoms with van der Waals surface area (Å²) < 4.78 is 8.82. The molecule has 0 saturated heterocycles. The van der Waals surface area contributed by atoms with Crippen LogP contribution >= 0.6 is 23.2 Å². The molecule has 0 bridgehead atoms. The molecule has 5 aromatic rings. The van der Waals surface area contributed by atoms with E-state index in [0.29, 0.717) is 49.5 Å². The highest BCUT2D eigenvalue weighted by molar-refractivity contribution is 6.39. The number of ether oxygens (including phenoxy) is 1. The standard InChI is InChI=1S/C24H20Cl2N8O2/c1-3-34-8-7-19(32-34)36-22-18(27)10-14(12-28-22)30-24-29-11-13-9-15(23(35)33(2)21(13)31-24)20-16(25)5-4-6-17(20)26/h4-12H,3,27H2,1-2H3,(H,29,30,31). The minimum atomic E-state index is -0.292. The summed E-state index contributed by atoms with van der Waals surface area (Å²) in [5, 5.41) is 8.72. The van der Waals surface area contributed by atoms with Crippen molar-refractivity contribution in [2.45, 2.75) is 13.5 Å². The van der Waals surface area contributed by atoms with Crippen LogP contribution in [0.3, 0.4) is 0 Å². The van der Waals surface area contributed by atoms with Gasteiger partial charge in [0.2, 0.25) is 17.7 Å². The molecule has 0 aliphatic carbocycles. The van der Waals surface area contributed by atoms with E-state index in [2.05, 4.69) is 25.4 Å². The largest absolute Gasteiger partial charge is 0.417 e. The number of anilines is 3. The number of aryl methyl sites for hydroxylation is 2. The lowest BCUT2D eigenvalue weighted by molar-refractivity contribution is 0.435. The number of nitrogens with two attached hydrogens (primary N) is 1. The molecule has 182 valence electrons. The van der Waals surface area contributed by atoms with Crippen molar-refractivity contribution in [2.24, 2.45) is 7.05 Å². The highest BCUT2D eigenvalue weighted by Gasteiger charge is 2.16. The van der Waals surface area contributed by atoms with Crippen LogP contribution in [0.15, 0.2) is 59.8 Å². The summed E-state index contributed by atoms with van der Waals surface area (Å²) in [6.45, 7) is 2.70. The van der Waals surface area contributed by atoms with Gasteiger partial charge >= 0.3 is 0 Å². The van der Waals surface area contributed by atoms with Gasteiger partial charge < -0.3 is 15.8 Å². The van der Waals surface area contributed by atoms with Crippen LogP contribution in [0.1, 0.15) is 6.92 Å². The third-order valence-corrected chi connectivity index (χ3v) is 6.09. The van der Waals surface area contributed by atoms with E-state index in [1.54, 1.807) is 60.5 Å². The first-order valence-corrected chi connectivity index (χ1v) is 11.6. The topological polar surface area (TPSA) is 126 Å². The molecule has 4 heterocycles. The van der Waals surface area contributed by atoms with Crippen molar-refractivity contribution in [3.8, 4) is 22.9 Å². The number of nitrogen functional groups attached to an aromatic ring is 1. The fourth-order valence-corrected chi connectivity index (χ4v) is 4.27. The van der Waals surface area contributed by atoms with E-state index in [9.17, 15) is 4.79 Å². The monoisotopic (exact) mass is 522 g/mol. The van der Waals surface area contributed by atoms with E-state index < -0.39 is 0 Å². The molecule has 12 heteroatoms. The summed E-state index contributed by atoms with van der Waals surface area (Å²) in [6.07, 6.45) is 4.95. The highest BCUT2D eigenvalue weighted by Crippen LogP contribution is 2.34. The molecule has 0 amide bonds. The zero-order valence-corrected chi connectivity index (χ0v) is 20.7. The Morgan fingerprint density at radius 1 is 1.11 bits per heavy atom. The third kappa shape index (κ3) is 4.43. The van der Waals surface area contributed by atoms with Crippen molar-refractivity contribution < 1.29 is 4.74 Å². The molecule has 0 radical (unpaired) electrons. The molecule has 0 atom stereocenters. The SMILES string of the molecule is CCn1ccc(Oc2ncc(Nc3ncc4cc(-c5c(Cl)cccc5Cl)c(=O)n(C)c4n3)cc2N)n1. The Bertz CT molecular complexity index is 1640. The van der Waals surface area contributed by atoms with E-state index in [-0.39, 0.29) is 17.4 Å². The molecule has 1 aromatic carbocycles. The Morgan fingerprint density at radius 2 is 1.89 bits per heavy atom. The number of benzene rings is 1. The van der Waals surface area contributed by atoms with Gasteiger partial charge in [-0.1, -0.05) is 29.3 Å². The van der Waals surface area contributed by atoms with Crippen LogP contribution in [0.25, 0.3) is 22.2 Å². The summed E-state index contributed by atoms with van der Waals surface area (Å²) in [4.78, 5) is 26.3. The van der Waals surface area contributed by atoms with Crippen molar-refractivity contribution in [3.63, 3.8) is 0 Å². The normalized spacial score (nSPS) is 11.1. The molecule has 36 heavy (non-hydrogen) atoms. The van der Waals surface area contributed by atoms with E-state index in [1.165, 1.54) is 10.8 Å². The Balaban J connectivity index is 1.43. The molecule has 0 saturated carbocycles. The van der Waals surface area contributed by atoms with Gasteiger partial charge in [0, 0.05) is 43.0 Å². The predicted octanol–water partition coefficient (Wildman–Crippen LogP) is 5.03. The van der Waals surface area contributed by atoms with Gasteiger partial charge in [-0.3, -0.25) is 14.0 Å². The van der Waals surface area contributed by atoms with Gasteiger partial charge in [0.15, 0.2) is 0 Å². The van der Waals surface area contributed by atoms with Gasteiger partial charge in [-0.05, 0) is 31.2 Å². The van der Waals surface area contributed by atoms with E-state index >= 15 is 0 Å². The van der Waals surface area contributed by atoms with Crippen molar-refractivity contribution >= 4 is 51.6 Å². The van der Waals surface area contributed by atoms with Crippen LogP contribution in [0, 0.1) is 0 Å². The first kappa shape index (κ1) is 23.6. The minimum absolute atomic E-state index is 0.231. The number of nitrogens with zero attached hydrogens (tertiary/aromatic N) is 6. The van der Waals surface area contributed by atoms with Gasteiger partial charge in [0.1, 0.15) is 5.65 Å². The van der Waals surface area contributed by atoms with Crippen LogP contribution < -0.4 is 21.3 Å². The Hall–Kier alpha value is -4.15. The molecule has 10 nitrogen and oxygen atoms in total. The van der Waals surface area contributed by atoms with E-state index in [4.69, 9.17) is 33.7 Å². The molecule has 0 fully saturated rings. The average molecular weight is 523 g/mol. The summed E-state index contributed by atoms with van der Waals surface area (Å²) in [7, 11) is 1.63. The maximum atomic E-state index is 13.1. The molecule has 0 aliphatic heterocycles. The first-order chi connectivity index (χ1) is 17.3. The first-order valence-electron chi connectivity index (χ1n) is 10.9. The number of nitrogens with one attached hydrogen (secondary N) is 1. The van der Waals surface area contributed by atoms with Crippen molar-refractivity contribution in [1.82, 2.24) is 29.3 Å². The molecule has 3 N–H and O–H groups in total. The van der Waals surface area contributed by atoms with Crippen LogP contribution in [0.4, 0.5) is 17.3 Å². The zero-order chi connectivity index (χ0) is 25.4. The quantitative estimate of drug-likeness (QED) is 0.317. The lowest BCUT2D eigenvalue weighted by Gasteiger charge is -2.12. The lowest BCUT2D eigenvalue weighted by Crippen LogP contribution is -2.20. The van der Waals surface area contributed by atoms with Crippen LogP contribution in [0.2, 0.25) is 10.0 Å². The summed E-state index contributed by atoms with van der Waals surface area (Å²) in [5.41, 5.74) is 7.94. The second kappa shape index (κ2) is 9.48. The second-order valence-corrected chi connectivity index (χ2v) is 8.66. The second-order valence-electron chi connectivity index (χ2n) is 7.85. The van der Waals surface area contributed by atoms with Gasteiger partial charge in [-0.15, -0.1) is 5.10 Å². The molecule has 5 rings (SSSR count). The molecule has 0 aliphatic rings. The zero-order valence-electron chi connectivity index (χ0n) is 19.2. The van der Waals surface area contributed by atoms with Gasteiger partial charge in [-0.2, -0.15) is 4.98 Å². The smallest absolute Gasteiger partial charge is 0.259 e. The molecule has 4 aromatic heterocycles. The Labute approximate surface area is 215 Å². The number of fused-ring (bicyclic) bond motifs is 1. The summed E-state index contributed by atoms with van der Waals surface area (Å²) in [5.74, 6) is 0.889. The number of rotatable bonds is 6. The number of hydrogen-bond donors (Lipinski definition) is 2. The summed E-state index contributed by atoms with van der Waals surface area (Å²) in [6, 6.07) is 10.2. The number of pyridine rings is 2. The number of aromatic nitrogens is 6.